The van der Waals surface area contributed by atoms with Crippen LogP contribution >= 0.6 is 0 Å². The fraction of sp³-hybridized carbons (Fsp3) is 0.429. The minimum atomic E-state index is 0.431. The molecule has 1 rings (SSSR count). The third kappa shape index (κ3) is 6.57. The first-order valence-electron chi connectivity index (χ1n) is 3.32. The third-order valence-corrected chi connectivity index (χ3v) is 0.875. The number of nitrogens with zero attached hydrogens (tertiary/aromatic N) is 1. The second kappa shape index (κ2) is 6.80. The van der Waals surface area contributed by atoms with E-state index in [9.17, 15) is 4.79 Å². The SMILES string of the molecule is CCOC=O.Cc1ccn[nH]1. The lowest BCUT2D eigenvalue weighted by Gasteiger charge is -1.79. The summed E-state index contributed by atoms with van der Waals surface area (Å²) in [5.74, 6) is 0. The van der Waals surface area contributed by atoms with Crippen molar-refractivity contribution in [3.63, 3.8) is 0 Å². The van der Waals surface area contributed by atoms with E-state index in [-0.39, 0.29) is 0 Å². The molecule has 11 heavy (non-hydrogen) atoms. The van der Waals surface area contributed by atoms with Crippen LogP contribution in [0.5, 0.6) is 0 Å². The zero-order chi connectivity index (χ0) is 8.53. The molecule has 0 radical (unpaired) electrons. The van der Waals surface area contributed by atoms with E-state index >= 15 is 0 Å². The molecule has 4 heteroatoms. The van der Waals surface area contributed by atoms with Crippen LogP contribution in [0.4, 0.5) is 0 Å². The Morgan fingerprint density at radius 3 is 2.64 bits per heavy atom. The number of carbonyl (C=O) groups excluding carboxylic acids is 1. The van der Waals surface area contributed by atoms with Crippen molar-refractivity contribution in [2.45, 2.75) is 13.8 Å². The van der Waals surface area contributed by atoms with E-state index in [2.05, 4.69) is 14.9 Å². The molecule has 0 spiro atoms. The molecule has 1 aromatic heterocycles. The first-order chi connectivity index (χ1) is 5.31. The molecule has 62 valence electrons. The molecule has 0 aliphatic rings. The Hall–Kier alpha value is -1.32. The third-order valence-electron chi connectivity index (χ3n) is 0.875. The summed E-state index contributed by atoms with van der Waals surface area (Å²) in [4.78, 5) is 9.18. The van der Waals surface area contributed by atoms with Crippen molar-refractivity contribution >= 4 is 6.47 Å². The smallest absolute Gasteiger partial charge is 0.293 e. The second-order valence-electron chi connectivity index (χ2n) is 1.79. The Morgan fingerprint density at radius 2 is 2.55 bits per heavy atom. The van der Waals surface area contributed by atoms with Crippen LogP contribution in [0.1, 0.15) is 12.6 Å². The van der Waals surface area contributed by atoms with Crippen LogP contribution in [0.2, 0.25) is 0 Å². The highest BCUT2D eigenvalue weighted by Crippen LogP contribution is 1.82. The van der Waals surface area contributed by atoms with E-state index in [1.165, 1.54) is 0 Å². The highest BCUT2D eigenvalue weighted by atomic mass is 16.5. The van der Waals surface area contributed by atoms with Crippen LogP contribution in [0, 0.1) is 6.92 Å². The van der Waals surface area contributed by atoms with Gasteiger partial charge in [-0.05, 0) is 19.9 Å². The Kier molecular flexibility index (Phi) is 5.98. The zero-order valence-electron chi connectivity index (χ0n) is 6.70. The number of hydrogen-bond donors (Lipinski definition) is 1. The van der Waals surface area contributed by atoms with E-state index in [1.54, 1.807) is 13.1 Å². The van der Waals surface area contributed by atoms with Gasteiger partial charge in [0, 0.05) is 11.9 Å². The molecule has 0 amide bonds. The minimum absolute atomic E-state index is 0.431. The number of rotatable bonds is 2. The summed E-state index contributed by atoms with van der Waals surface area (Å²) in [6.07, 6.45) is 1.73. The van der Waals surface area contributed by atoms with E-state index in [0.29, 0.717) is 13.1 Å². The summed E-state index contributed by atoms with van der Waals surface area (Å²) in [5, 5.41) is 6.45. The van der Waals surface area contributed by atoms with Crippen molar-refractivity contribution < 1.29 is 9.53 Å². The Balaban J connectivity index is 0.000000187. The van der Waals surface area contributed by atoms with Gasteiger partial charge in [0.15, 0.2) is 0 Å². The van der Waals surface area contributed by atoms with Crippen LogP contribution in [0.15, 0.2) is 12.3 Å². The summed E-state index contributed by atoms with van der Waals surface area (Å²) in [6, 6.07) is 1.92. The molecule has 0 unspecified atom stereocenters. The summed E-state index contributed by atoms with van der Waals surface area (Å²) in [5.41, 5.74) is 1.11. The predicted molar refractivity (Wildman–Crippen MR) is 41.0 cm³/mol. The Bertz CT molecular complexity index is 173. The van der Waals surface area contributed by atoms with Gasteiger partial charge in [0.05, 0.1) is 6.61 Å². The summed E-state index contributed by atoms with van der Waals surface area (Å²) < 4.78 is 4.15. The number of H-pyrrole nitrogens is 1. The number of aryl methyl sites for hydroxylation is 1. The van der Waals surface area contributed by atoms with Crippen LogP contribution in [0.3, 0.4) is 0 Å². The molecule has 1 heterocycles. The molecule has 1 aromatic rings. The number of ether oxygens (including phenoxy) is 1. The lowest BCUT2D eigenvalue weighted by Crippen LogP contribution is -1.80. The lowest BCUT2D eigenvalue weighted by molar-refractivity contribution is -0.128. The van der Waals surface area contributed by atoms with Crippen LogP contribution in [0.25, 0.3) is 0 Å². The van der Waals surface area contributed by atoms with Crippen molar-refractivity contribution in [2.24, 2.45) is 0 Å². The van der Waals surface area contributed by atoms with Crippen molar-refractivity contribution in [3.05, 3.63) is 18.0 Å². The molecule has 4 nitrogen and oxygen atoms in total. The van der Waals surface area contributed by atoms with Crippen LogP contribution in [-0.4, -0.2) is 23.3 Å². The van der Waals surface area contributed by atoms with E-state index < -0.39 is 0 Å². The number of aromatic nitrogens is 2. The van der Waals surface area contributed by atoms with Crippen molar-refractivity contribution in [1.82, 2.24) is 10.2 Å². The lowest BCUT2D eigenvalue weighted by atomic mass is 10.5. The Morgan fingerprint density at radius 1 is 1.82 bits per heavy atom. The molecule has 0 fully saturated rings. The maximum absolute atomic E-state index is 9.18. The van der Waals surface area contributed by atoms with Crippen molar-refractivity contribution in [2.75, 3.05) is 6.61 Å². The number of nitrogens with one attached hydrogen (secondary N) is 1. The molecule has 0 aromatic carbocycles. The van der Waals surface area contributed by atoms with Gasteiger partial charge in [-0.1, -0.05) is 0 Å². The van der Waals surface area contributed by atoms with Crippen molar-refractivity contribution in [3.8, 4) is 0 Å². The van der Waals surface area contributed by atoms with Gasteiger partial charge >= 0.3 is 0 Å². The minimum Gasteiger partial charge on any atom is -0.468 e. The average molecular weight is 156 g/mol. The molecule has 0 aliphatic heterocycles. The standard InChI is InChI=1S/C4H6N2.C3H6O2/c1-4-2-3-5-6-4;1-2-5-3-4/h2-3H,1H3,(H,5,6);3H,2H2,1H3. The molecular weight excluding hydrogens is 144 g/mol. The van der Waals surface area contributed by atoms with Gasteiger partial charge < -0.3 is 4.74 Å². The molecule has 0 saturated heterocycles. The Labute approximate surface area is 65.6 Å². The van der Waals surface area contributed by atoms with Gasteiger partial charge in [0.25, 0.3) is 6.47 Å². The van der Waals surface area contributed by atoms with Crippen molar-refractivity contribution in [1.29, 1.82) is 0 Å². The van der Waals surface area contributed by atoms with E-state index in [0.717, 1.165) is 5.69 Å². The summed E-state index contributed by atoms with van der Waals surface area (Å²) in [6.45, 7) is 4.63. The molecule has 1 N–H and O–H groups in total. The predicted octanol–water partition coefficient (Wildman–Crippen LogP) is 0.897. The quantitative estimate of drug-likeness (QED) is 0.647. The molecule has 0 bridgehead atoms. The zero-order valence-corrected chi connectivity index (χ0v) is 6.70. The maximum atomic E-state index is 9.18. The number of carbonyl (C=O) groups is 1. The topological polar surface area (TPSA) is 55.0 Å². The molecular formula is C7H12N2O2. The largest absolute Gasteiger partial charge is 0.468 e. The van der Waals surface area contributed by atoms with Crippen LogP contribution < -0.4 is 0 Å². The monoisotopic (exact) mass is 156 g/mol. The van der Waals surface area contributed by atoms with Gasteiger partial charge in [0.2, 0.25) is 0 Å². The normalized spacial score (nSPS) is 7.82. The molecule has 0 aliphatic carbocycles. The number of aromatic amines is 1. The second-order valence-corrected chi connectivity index (χ2v) is 1.79. The van der Waals surface area contributed by atoms with Gasteiger partial charge in [-0.2, -0.15) is 5.10 Å². The number of hydrogen-bond acceptors (Lipinski definition) is 3. The fourth-order valence-electron chi connectivity index (χ4n) is 0.393. The summed E-state index contributed by atoms with van der Waals surface area (Å²) in [7, 11) is 0. The fourth-order valence-corrected chi connectivity index (χ4v) is 0.393. The van der Waals surface area contributed by atoms with Gasteiger partial charge in [-0.25, -0.2) is 0 Å². The maximum Gasteiger partial charge on any atom is 0.293 e. The molecule has 0 atom stereocenters. The highest BCUT2D eigenvalue weighted by molar-refractivity contribution is 5.36. The first kappa shape index (κ1) is 9.68. The molecule has 0 saturated carbocycles. The first-order valence-corrected chi connectivity index (χ1v) is 3.32. The van der Waals surface area contributed by atoms with Gasteiger partial charge in [-0.3, -0.25) is 9.89 Å². The highest BCUT2D eigenvalue weighted by Gasteiger charge is 1.73. The van der Waals surface area contributed by atoms with Crippen LogP contribution in [-0.2, 0) is 9.53 Å². The van der Waals surface area contributed by atoms with E-state index in [1.807, 2.05) is 13.0 Å². The van der Waals surface area contributed by atoms with Gasteiger partial charge in [-0.15, -0.1) is 0 Å². The summed E-state index contributed by atoms with van der Waals surface area (Å²) >= 11 is 0. The van der Waals surface area contributed by atoms with E-state index in [4.69, 9.17) is 0 Å². The average Bonchev–Trinajstić information content (AvgIpc) is 2.43. The van der Waals surface area contributed by atoms with Gasteiger partial charge in [0.1, 0.15) is 0 Å².